The fraction of sp³-hybridized carbons (Fsp3) is 0.556. The van der Waals surface area contributed by atoms with Gasteiger partial charge in [0.05, 0.1) is 17.0 Å². The van der Waals surface area contributed by atoms with Crippen LogP contribution in [0.3, 0.4) is 0 Å². The highest BCUT2D eigenvalue weighted by Crippen LogP contribution is 2.44. The van der Waals surface area contributed by atoms with Crippen LogP contribution in [0.5, 0.6) is 5.75 Å². The zero-order valence-corrected chi connectivity index (χ0v) is 15.1. The molecular weight excluding hydrogens is 374 g/mol. The Morgan fingerprint density at radius 3 is 2.67 bits per heavy atom. The summed E-state index contributed by atoms with van der Waals surface area (Å²) in [5, 5.41) is 9.36. The molecule has 1 aromatic rings. The smallest absolute Gasteiger partial charge is 0.308 e. The Kier molecular flexibility index (Phi) is 5.43. The molecule has 0 radical (unpaired) electrons. The molecule has 1 aliphatic carbocycles. The minimum atomic E-state index is -0.764. The van der Waals surface area contributed by atoms with E-state index in [9.17, 15) is 14.7 Å². The first kappa shape index (κ1) is 17.3. The quantitative estimate of drug-likeness (QED) is 0.719. The first-order valence-corrected chi connectivity index (χ1v) is 9.23. The second-order valence-electron chi connectivity index (χ2n) is 6.63. The lowest BCUT2D eigenvalue weighted by Gasteiger charge is -2.16. The van der Waals surface area contributed by atoms with Crippen molar-refractivity contribution in [1.29, 1.82) is 0 Å². The minimum absolute atomic E-state index is 0.0418. The average Bonchev–Trinajstić information content (AvgIpc) is 3.30. The lowest BCUT2D eigenvalue weighted by Crippen LogP contribution is -2.30. The zero-order chi connectivity index (χ0) is 17.1. The van der Waals surface area contributed by atoms with Gasteiger partial charge in [0.25, 0.3) is 0 Å². The third kappa shape index (κ3) is 4.09. The number of para-hydroxylation sites is 1. The number of carboxylic acid groups (broad SMARTS) is 1. The molecule has 1 N–H and O–H groups in total. The molecule has 2 aliphatic rings. The number of amides is 1. The van der Waals surface area contributed by atoms with Gasteiger partial charge < -0.3 is 14.7 Å². The standard InChI is InChI=1S/C18H22BrNO4/c19-15-4-1-2-5-16(15)24-9-3-6-17(21)20-10-13(12-7-8-12)14(11-20)18(22)23/h1-2,4-5,12-14H,3,6-11H2,(H,22,23)/t13-,14+/m1/s1. The number of likely N-dealkylation sites (tertiary alicyclic amines) is 1. The average molecular weight is 396 g/mol. The van der Waals surface area contributed by atoms with Gasteiger partial charge in [-0.05, 0) is 59.2 Å². The summed E-state index contributed by atoms with van der Waals surface area (Å²) < 4.78 is 6.56. The van der Waals surface area contributed by atoms with Crippen LogP contribution in [0.15, 0.2) is 28.7 Å². The highest BCUT2D eigenvalue weighted by atomic mass is 79.9. The van der Waals surface area contributed by atoms with Crippen LogP contribution in [0, 0.1) is 17.8 Å². The van der Waals surface area contributed by atoms with Gasteiger partial charge in [-0.25, -0.2) is 0 Å². The lowest BCUT2D eigenvalue weighted by molar-refractivity contribution is -0.142. The van der Waals surface area contributed by atoms with E-state index in [0.29, 0.717) is 38.5 Å². The van der Waals surface area contributed by atoms with Gasteiger partial charge in [0, 0.05) is 19.5 Å². The van der Waals surface area contributed by atoms with Crippen molar-refractivity contribution in [1.82, 2.24) is 4.90 Å². The second-order valence-corrected chi connectivity index (χ2v) is 7.48. The summed E-state index contributed by atoms with van der Waals surface area (Å²) >= 11 is 3.42. The minimum Gasteiger partial charge on any atom is -0.492 e. The third-order valence-electron chi connectivity index (χ3n) is 4.89. The van der Waals surface area contributed by atoms with Gasteiger partial charge in [-0.3, -0.25) is 9.59 Å². The molecule has 0 aromatic heterocycles. The highest BCUT2D eigenvalue weighted by Gasteiger charge is 2.46. The van der Waals surface area contributed by atoms with Gasteiger partial charge in [0.2, 0.25) is 5.91 Å². The molecule has 0 bridgehead atoms. The van der Waals surface area contributed by atoms with Gasteiger partial charge in [-0.1, -0.05) is 12.1 Å². The summed E-state index contributed by atoms with van der Waals surface area (Å²) in [5.41, 5.74) is 0. The Bertz CT molecular complexity index is 617. The molecule has 24 heavy (non-hydrogen) atoms. The first-order chi connectivity index (χ1) is 11.6. The molecule has 1 aromatic carbocycles. The fourth-order valence-electron chi connectivity index (χ4n) is 3.42. The molecule has 3 rings (SSSR count). The van der Waals surface area contributed by atoms with Gasteiger partial charge >= 0.3 is 5.97 Å². The van der Waals surface area contributed by atoms with E-state index in [0.717, 1.165) is 23.1 Å². The normalized spacial score (nSPS) is 23.3. The predicted molar refractivity (Wildman–Crippen MR) is 92.8 cm³/mol. The van der Waals surface area contributed by atoms with Gasteiger partial charge in [0.1, 0.15) is 5.75 Å². The van der Waals surface area contributed by atoms with Gasteiger partial charge in [0.15, 0.2) is 0 Å². The van der Waals surface area contributed by atoms with Crippen molar-refractivity contribution in [3.63, 3.8) is 0 Å². The van der Waals surface area contributed by atoms with Crippen LogP contribution < -0.4 is 4.74 Å². The number of carbonyl (C=O) groups is 2. The largest absolute Gasteiger partial charge is 0.492 e. The maximum Gasteiger partial charge on any atom is 0.308 e. The van der Waals surface area contributed by atoms with E-state index in [1.807, 2.05) is 24.3 Å². The molecule has 1 heterocycles. The SMILES string of the molecule is O=C(O)[C@H]1CN(C(=O)CCCOc2ccccc2Br)C[C@@H]1C1CC1. The van der Waals surface area contributed by atoms with Crippen LogP contribution in [0.1, 0.15) is 25.7 Å². The number of carbonyl (C=O) groups excluding carboxylic acids is 1. The Labute approximate surface area is 150 Å². The maximum absolute atomic E-state index is 12.3. The van der Waals surface area contributed by atoms with Crippen molar-refractivity contribution in [3.8, 4) is 5.75 Å². The summed E-state index contributed by atoms with van der Waals surface area (Å²) in [7, 11) is 0. The first-order valence-electron chi connectivity index (χ1n) is 8.44. The number of rotatable bonds is 7. The molecule has 2 atom stereocenters. The van der Waals surface area contributed by atoms with Crippen molar-refractivity contribution < 1.29 is 19.4 Å². The van der Waals surface area contributed by atoms with E-state index in [1.54, 1.807) is 4.90 Å². The number of ether oxygens (including phenoxy) is 1. The zero-order valence-electron chi connectivity index (χ0n) is 13.5. The van der Waals surface area contributed by atoms with E-state index < -0.39 is 11.9 Å². The molecule has 6 heteroatoms. The molecule has 2 fully saturated rings. The molecule has 1 saturated carbocycles. The summed E-state index contributed by atoms with van der Waals surface area (Å²) in [6.07, 6.45) is 3.24. The van der Waals surface area contributed by atoms with Crippen molar-refractivity contribution in [2.75, 3.05) is 19.7 Å². The summed E-state index contributed by atoms with van der Waals surface area (Å²) in [6, 6.07) is 7.61. The number of hydrogen-bond acceptors (Lipinski definition) is 3. The van der Waals surface area contributed by atoms with Crippen LogP contribution in [-0.4, -0.2) is 41.6 Å². The second kappa shape index (κ2) is 7.55. The number of aliphatic carboxylic acids is 1. The van der Waals surface area contributed by atoms with E-state index in [2.05, 4.69) is 15.9 Å². The van der Waals surface area contributed by atoms with E-state index >= 15 is 0 Å². The van der Waals surface area contributed by atoms with Gasteiger partial charge in [-0.15, -0.1) is 0 Å². The number of halogens is 1. The van der Waals surface area contributed by atoms with E-state index in [-0.39, 0.29) is 11.8 Å². The van der Waals surface area contributed by atoms with Gasteiger partial charge in [-0.2, -0.15) is 0 Å². The molecule has 5 nitrogen and oxygen atoms in total. The van der Waals surface area contributed by atoms with E-state index in [4.69, 9.17) is 4.74 Å². The Morgan fingerprint density at radius 2 is 2.00 bits per heavy atom. The summed E-state index contributed by atoms with van der Waals surface area (Å²) in [6.45, 7) is 1.43. The van der Waals surface area contributed by atoms with E-state index in [1.165, 1.54) is 0 Å². The lowest BCUT2D eigenvalue weighted by atomic mass is 9.92. The number of hydrogen-bond donors (Lipinski definition) is 1. The summed E-state index contributed by atoms with van der Waals surface area (Å²) in [4.78, 5) is 25.5. The van der Waals surface area contributed by atoms with Crippen molar-refractivity contribution in [2.24, 2.45) is 17.8 Å². The monoisotopic (exact) mass is 395 g/mol. The van der Waals surface area contributed by atoms with Crippen LogP contribution in [0.4, 0.5) is 0 Å². The molecular formula is C18H22BrNO4. The van der Waals surface area contributed by atoms with Crippen LogP contribution >= 0.6 is 15.9 Å². The molecule has 130 valence electrons. The predicted octanol–water partition coefficient (Wildman–Crippen LogP) is 3.18. The van der Waals surface area contributed by atoms with Crippen molar-refractivity contribution >= 4 is 27.8 Å². The molecule has 0 spiro atoms. The topological polar surface area (TPSA) is 66.8 Å². The number of benzene rings is 1. The molecule has 0 unspecified atom stereocenters. The van der Waals surface area contributed by atoms with Crippen molar-refractivity contribution in [2.45, 2.75) is 25.7 Å². The van der Waals surface area contributed by atoms with Crippen LogP contribution in [0.25, 0.3) is 0 Å². The maximum atomic E-state index is 12.3. The highest BCUT2D eigenvalue weighted by molar-refractivity contribution is 9.10. The van der Waals surface area contributed by atoms with Crippen LogP contribution in [0.2, 0.25) is 0 Å². The Hall–Kier alpha value is -1.56. The molecule has 1 aliphatic heterocycles. The summed E-state index contributed by atoms with van der Waals surface area (Å²) in [5.74, 6) is 0.300. The third-order valence-corrected chi connectivity index (χ3v) is 5.55. The Balaban J connectivity index is 1.44. The van der Waals surface area contributed by atoms with Crippen LogP contribution in [-0.2, 0) is 9.59 Å². The number of carboxylic acids is 1. The van der Waals surface area contributed by atoms with Crippen molar-refractivity contribution in [3.05, 3.63) is 28.7 Å². The Morgan fingerprint density at radius 1 is 1.25 bits per heavy atom. The number of nitrogens with zero attached hydrogens (tertiary/aromatic N) is 1. The molecule has 1 saturated heterocycles. The molecule has 1 amide bonds. The fourth-order valence-corrected chi connectivity index (χ4v) is 3.82.